The molecule has 0 fully saturated rings. The number of alkyl halides is 2. The smallest absolute Gasteiger partial charge is 0.123 e. The highest BCUT2D eigenvalue weighted by atomic mass is 79.9. The molecule has 0 amide bonds. The van der Waals surface area contributed by atoms with Crippen LogP contribution in [0.1, 0.15) is 6.42 Å². The summed E-state index contributed by atoms with van der Waals surface area (Å²) >= 11 is 6.80. The molecule has 0 aromatic rings. The summed E-state index contributed by atoms with van der Waals surface area (Å²) in [4.78, 5) is 9.06. The Labute approximate surface area is 93.8 Å². The summed E-state index contributed by atoms with van der Waals surface area (Å²) in [5, 5.41) is 0. The molecule has 2 heterocycles. The van der Waals surface area contributed by atoms with Gasteiger partial charge in [-0.2, -0.15) is 0 Å². The van der Waals surface area contributed by atoms with Crippen molar-refractivity contribution in [3.63, 3.8) is 0 Å². The van der Waals surface area contributed by atoms with E-state index in [9.17, 15) is 0 Å². The maximum atomic E-state index is 4.37. The number of rotatable bonds is 2. The number of hydrogen-bond donors (Lipinski definition) is 0. The maximum Gasteiger partial charge on any atom is 0.123 e. The minimum Gasteiger partial charge on any atom is -0.270 e. The minimum absolute atomic E-state index is 0.160. The highest BCUT2D eigenvalue weighted by Crippen LogP contribution is 2.16. The summed E-state index contributed by atoms with van der Waals surface area (Å²) in [6, 6.07) is 0. The van der Waals surface area contributed by atoms with Crippen molar-refractivity contribution in [2.75, 3.05) is 0 Å². The van der Waals surface area contributed by atoms with Crippen LogP contribution in [0.2, 0.25) is 0 Å². The molecule has 0 radical (unpaired) electrons. The summed E-state index contributed by atoms with van der Waals surface area (Å²) in [5.41, 5.74) is 2.18. The topological polar surface area (TPSA) is 24.7 Å². The van der Waals surface area contributed by atoms with Crippen LogP contribution in [0.4, 0.5) is 0 Å². The van der Waals surface area contributed by atoms with E-state index in [4.69, 9.17) is 0 Å². The molecule has 0 saturated carbocycles. The lowest BCUT2D eigenvalue weighted by atomic mass is 10.2. The zero-order chi connectivity index (χ0) is 9.26. The van der Waals surface area contributed by atoms with Crippen LogP contribution in [0.15, 0.2) is 34.3 Å². The van der Waals surface area contributed by atoms with Crippen molar-refractivity contribution in [1.29, 1.82) is 0 Å². The van der Waals surface area contributed by atoms with Gasteiger partial charge in [0, 0.05) is 17.8 Å². The van der Waals surface area contributed by atoms with Gasteiger partial charge in [-0.05, 0) is 24.3 Å². The van der Waals surface area contributed by atoms with E-state index in [0.717, 1.165) is 17.8 Å². The van der Waals surface area contributed by atoms with E-state index in [1.165, 1.54) is 0 Å². The fourth-order valence-electron chi connectivity index (χ4n) is 1.26. The van der Waals surface area contributed by atoms with Gasteiger partial charge < -0.3 is 0 Å². The first-order chi connectivity index (χ1) is 6.24. The number of aliphatic imine (C=N–C) groups is 2. The second-order valence-corrected chi connectivity index (χ2v) is 4.76. The first kappa shape index (κ1) is 9.34. The zero-order valence-electron chi connectivity index (χ0n) is 6.82. The molecule has 2 atom stereocenters. The second kappa shape index (κ2) is 3.88. The third-order valence-corrected chi connectivity index (χ3v) is 2.86. The number of nitrogens with zero attached hydrogens (tertiary/aromatic N) is 2. The number of halogens is 2. The van der Waals surface area contributed by atoms with Crippen molar-refractivity contribution in [2.45, 2.75) is 16.3 Å². The summed E-state index contributed by atoms with van der Waals surface area (Å²) in [6.07, 6.45) is 8.96. The highest BCUT2D eigenvalue weighted by Gasteiger charge is 2.12. The van der Waals surface area contributed by atoms with Gasteiger partial charge in [0.25, 0.3) is 0 Å². The molecule has 0 saturated heterocycles. The largest absolute Gasteiger partial charge is 0.270 e. The van der Waals surface area contributed by atoms with Crippen molar-refractivity contribution in [2.24, 2.45) is 9.98 Å². The van der Waals surface area contributed by atoms with Crippen LogP contribution in [-0.2, 0) is 0 Å². The molecule has 0 spiro atoms. The third kappa shape index (κ3) is 2.38. The van der Waals surface area contributed by atoms with Crippen LogP contribution in [0.25, 0.3) is 0 Å². The first-order valence-electron chi connectivity index (χ1n) is 4.02. The lowest BCUT2D eigenvalue weighted by molar-refractivity contribution is 1.19. The van der Waals surface area contributed by atoms with Gasteiger partial charge in [0.15, 0.2) is 0 Å². The standard InChI is InChI=1S/C9H8Br2N2/c10-8-3-1-6(12-8)5-7-2-4-9(11)13-7/h1-4,8-9H,5H2/t8-,9-/m0/s1. The maximum absolute atomic E-state index is 4.37. The molecule has 68 valence electrons. The molecule has 0 bridgehead atoms. The molecule has 0 aromatic carbocycles. The fourth-order valence-corrected chi connectivity index (χ4v) is 2.10. The summed E-state index contributed by atoms with van der Waals surface area (Å²) in [7, 11) is 0. The van der Waals surface area contributed by atoms with Gasteiger partial charge in [0.05, 0.1) is 0 Å². The van der Waals surface area contributed by atoms with Crippen LogP contribution in [0, 0.1) is 0 Å². The van der Waals surface area contributed by atoms with Gasteiger partial charge in [-0.1, -0.05) is 31.9 Å². The Morgan fingerprint density at radius 1 is 1.00 bits per heavy atom. The Hall–Kier alpha value is -0.220. The number of allylic oxidation sites excluding steroid dienone is 2. The first-order valence-corrected chi connectivity index (χ1v) is 5.85. The van der Waals surface area contributed by atoms with Crippen molar-refractivity contribution in [3.05, 3.63) is 24.3 Å². The van der Waals surface area contributed by atoms with E-state index >= 15 is 0 Å². The average molecular weight is 304 g/mol. The molecule has 0 aromatic heterocycles. The molecule has 0 unspecified atom stereocenters. The Morgan fingerprint density at radius 2 is 1.46 bits per heavy atom. The van der Waals surface area contributed by atoms with E-state index < -0.39 is 0 Å². The Kier molecular flexibility index (Phi) is 2.79. The molecular weight excluding hydrogens is 296 g/mol. The normalized spacial score (nSPS) is 30.9. The van der Waals surface area contributed by atoms with Crippen molar-refractivity contribution >= 4 is 43.3 Å². The Bertz CT molecular complexity index is 297. The molecule has 0 aliphatic carbocycles. The predicted octanol–water partition coefficient (Wildman–Crippen LogP) is 2.84. The van der Waals surface area contributed by atoms with Gasteiger partial charge in [0.1, 0.15) is 9.90 Å². The molecule has 2 aliphatic rings. The van der Waals surface area contributed by atoms with E-state index in [2.05, 4.69) is 41.8 Å². The van der Waals surface area contributed by atoms with Gasteiger partial charge >= 0.3 is 0 Å². The van der Waals surface area contributed by atoms with Gasteiger partial charge in [0.2, 0.25) is 0 Å². The van der Waals surface area contributed by atoms with Gasteiger partial charge in [-0.3, -0.25) is 9.98 Å². The Morgan fingerprint density at radius 3 is 1.77 bits per heavy atom. The summed E-state index contributed by atoms with van der Waals surface area (Å²) in [6.45, 7) is 0. The van der Waals surface area contributed by atoms with E-state index in [1.807, 2.05) is 24.3 Å². The molecule has 13 heavy (non-hydrogen) atoms. The molecule has 4 heteroatoms. The van der Waals surface area contributed by atoms with E-state index in [-0.39, 0.29) is 9.90 Å². The van der Waals surface area contributed by atoms with Crippen LogP contribution >= 0.6 is 31.9 Å². The van der Waals surface area contributed by atoms with Crippen LogP contribution in [-0.4, -0.2) is 21.3 Å². The molecule has 0 N–H and O–H groups in total. The summed E-state index contributed by atoms with van der Waals surface area (Å²) in [5.74, 6) is 0. The molecule has 2 rings (SSSR count). The lowest BCUT2D eigenvalue weighted by Crippen LogP contribution is -2.00. The van der Waals surface area contributed by atoms with Gasteiger partial charge in [-0.25, -0.2) is 0 Å². The molecule has 2 nitrogen and oxygen atoms in total. The predicted molar refractivity (Wildman–Crippen MR) is 63.2 cm³/mol. The van der Waals surface area contributed by atoms with E-state index in [1.54, 1.807) is 0 Å². The van der Waals surface area contributed by atoms with Gasteiger partial charge in [-0.15, -0.1) is 0 Å². The SMILES string of the molecule is Br[C@@H]1C=CC(CC2=N[C@H](Br)C=C2)=N1. The second-order valence-electron chi connectivity index (χ2n) is 2.88. The van der Waals surface area contributed by atoms with E-state index in [0.29, 0.717) is 0 Å². The third-order valence-electron chi connectivity index (χ3n) is 1.84. The van der Waals surface area contributed by atoms with Crippen LogP contribution in [0.3, 0.4) is 0 Å². The quantitative estimate of drug-likeness (QED) is 0.553. The van der Waals surface area contributed by atoms with Crippen LogP contribution in [0.5, 0.6) is 0 Å². The zero-order valence-corrected chi connectivity index (χ0v) is 9.99. The van der Waals surface area contributed by atoms with Crippen LogP contribution < -0.4 is 0 Å². The molecular formula is C9H8Br2N2. The van der Waals surface area contributed by atoms with Crippen molar-refractivity contribution < 1.29 is 0 Å². The fraction of sp³-hybridized carbons (Fsp3) is 0.333. The minimum atomic E-state index is 0.160. The Balaban J connectivity index is 2.00. The summed E-state index contributed by atoms with van der Waals surface area (Å²) < 4.78 is 0. The monoisotopic (exact) mass is 302 g/mol. The lowest BCUT2D eigenvalue weighted by Gasteiger charge is -1.96. The van der Waals surface area contributed by atoms with Crippen molar-refractivity contribution in [3.8, 4) is 0 Å². The average Bonchev–Trinajstić information content (AvgIpc) is 2.62. The highest BCUT2D eigenvalue weighted by molar-refractivity contribution is 9.09. The van der Waals surface area contributed by atoms with Crippen molar-refractivity contribution in [1.82, 2.24) is 0 Å². The number of hydrogen-bond acceptors (Lipinski definition) is 2. The molecule has 2 aliphatic heterocycles.